The van der Waals surface area contributed by atoms with Crippen LogP contribution in [0.25, 0.3) is 0 Å². The molecule has 0 spiro atoms. The normalized spacial score (nSPS) is 14.6. The summed E-state index contributed by atoms with van der Waals surface area (Å²) in [6.07, 6.45) is -0.796. The van der Waals surface area contributed by atoms with Crippen molar-refractivity contribution in [2.75, 3.05) is 0 Å². The number of furan rings is 1. The predicted octanol–water partition coefficient (Wildman–Crippen LogP) is 7.44. The molecular weight excluding hydrogens is 603 g/mol. The van der Waals surface area contributed by atoms with E-state index in [1.165, 1.54) is 10.4 Å². The van der Waals surface area contributed by atoms with Crippen LogP contribution in [0.4, 0.5) is 0 Å². The Hall–Kier alpha value is -1.46. The van der Waals surface area contributed by atoms with Gasteiger partial charge in [-0.05, 0) is 56.2 Å². The zero-order chi connectivity index (χ0) is 27.6. The highest BCUT2D eigenvalue weighted by atomic mass is 127. The lowest BCUT2D eigenvalue weighted by Gasteiger charge is -2.43. The Balaban J connectivity index is 2.37. The molecule has 6 heteroatoms. The lowest BCUT2D eigenvalue weighted by atomic mass is 10.1. The second-order valence-electron chi connectivity index (χ2n) is 12.5. The van der Waals surface area contributed by atoms with E-state index in [-0.39, 0.29) is 10.1 Å². The zero-order valence-electron chi connectivity index (χ0n) is 23.9. The summed E-state index contributed by atoms with van der Waals surface area (Å²) in [7, 11) is -4.77. The fourth-order valence-electron chi connectivity index (χ4n) is 4.78. The summed E-state index contributed by atoms with van der Waals surface area (Å²) in [5, 5.41) is 14.7. The summed E-state index contributed by atoms with van der Waals surface area (Å²) >= 11 is 2.18. The molecule has 1 unspecified atom stereocenters. The van der Waals surface area contributed by atoms with Crippen molar-refractivity contribution in [3.8, 4) is 0 Å². The van der Waals surface area contributed by atoms with E-state index in [2.05, 4.69) is 144 Å². The van der Waals surface area contributed by atoms with Crippen LogP contribution in [-0.2, 0) is 11.0 Å². The average molecular weight is 647 g/mol. The smallest absolute Gasteiger partial charge is 0.198 e. The molecule has 1 heterocycles. The van der Waals surface area contributed by atoms with Crippen molar-refractivity contribution in [3.63, 3.8) is 0 Å². The fourth-order valence-corrected chi connectivity index (χ4v) is 11.6. The molecule has 1 N–H and O–H groups in total. The van der Waals surface area contributed by atoms with Crippen LogP contribution in [0, 0.1) is 0 Å². The maximum Gasteiger partial charge on any atom is 0.198 e. The van der Waals surface area contributed by atoms with Crippen LogP contribution in [0.5, 0.6) is 0 Å². The minimum atomic E-state index is -2.75. The summed E-state index contributed by atoms with van der Waals surface area (Å²) in [6, 6.07) is 23.7. The molecule has 0 aliphatic carbocycles. The number of hydrogen-bond acceptors (Lipinski definition) is 3. The van der Waals surface area contributed by atoms with Crippen LogP contribution in [-0.4, -0.2) is 21.5 Å². The Morgan fingerprint density at radius 1 is 0.919 bits per heavy atom. The van der Waals surface area contributed by atoms with Crippen molar-refractivity contribution in [2.45, 2.75) is 84.3 Å². The van der Waals surface area contributed by atoms with Crippen LogP contribution in [0.2, 0.25) is 23.2 Å². The van der Waals surface area contributed by atoms with Gasteiger partial charge < -0.3 is 13.9 Å². The maximum atomic E-state index is 11.2. The van der Waals surface area contributed by atoms with E-state index in [4.69, 9.17) is 8.84 Å². The third-order valence-electron chi connectivity index (χ3n) is 7.97. The topological polar surface area (TPSA) is 42.6 Å². The van der Waals surface area contributed by atoms with Crippen LogP contribution in [0.1, 0.15) is 65.9 Å². The van der Waals surface area contributed by atoms with E-state index < -0.39 is 22.5 Å². The van der Waals surface area contributed by atoms with Crippen molar-refractivity contribution >= 4 is 54.7 Å². The zero-order valence-corrected chi connectivity index (χ0v) is 28.0. The summed E-state index contributed by atoms with van der Waals surface area (Å²) in [5.41, 5.74) is 1.91. The molecule has 0 saturated carbocycles. The Bertz CT molecular complexity index is 1160. The monoisotopic (exact) mass is 646 g/mol. The number of halogens is 1. The molecule has 3 nitrogen and oxygen atoms in total. The molecule has 37 heavy (non-hydrogen) atoms. The van der Waals surface area contributed by atoms with Gasteiger partial charge in [0, 0.05) is 5.56 Å². The Morgan fingerprint density at radius 3 is 1.81 bits per heavy atom. The lowest BCUT2D eigenvalue weighted by Crippen LogP contribution is -2.72. The van der Waals surface area contributed by atoms with Crippen molar-refractivity contribution in [3.05, 3.63) is 87.7 Å². The van der Waals surface area contributed by atoms with Gasteiger partial charge in [-0.25, -0.2) is 0 Å². The highest BCUT2D eigenvalue weighted by molar-refractivity contribution is 14.1. The van der Waals surface area contributed by atoms with Crippen LogP contribution in [0.15, 0.2) is 80.8 Å². The van der Waals surface area contributed by atoms with Crippen LogP contribution in [0.3, 0.4) is 0 Å². The highest BCUT2D eigenvalue weighted by Crippen LogP contribution is 2.40. The fraction of sp³-hybridized carbons (Fsp3) is 0.419. The molecule has 0 bridgehead atoms. The molecule has 0 aliphatic heterocycles. The minimum absolute atomic E-state index is 0.0944. The highest BCUT2D eigenvalue weighted by Gasteiger charge is 2.53. The first-order valence-corrected chi connectivity index (χ1v) is 19.1. The first-order chi connectivity index (χ1) is 17.2. The van der Waals surface area contributed by atoms with Gasteiger partial charge in [-0.1, -0.05) is 125 Å². The van der Waals surface area contributed by atoms with Gasteiger partial charge in [-0.3, -0.25) is 0 Å². The molecule has 3 rings (SSSR count). The molecule has 0 radical (unpaired) electrons. The Kier molecular flexibility index (Phi) is 9.22. The number of benzene rings is 2. The summed E-state index contributed by atoms with van der Waals surface area (Å²) in [4.78, 5) is 0. The second kappa shape index (κ2) is 11.3. The molecule has 0 fully saturated rings. The van der Waals surface area contributed by atoms with Gasteiger partial charge >= 0.3 is 0 Å². The average Bonchev–Trinajstić information content (AvgIpc) is 3.26. The standard InChI is InChI=1S/C31H43IO3Si2/c1-23(21-32)28(33)27-20-24(22-34-36(8,9)30(2,3)4)29(35-27)37(31(5,6)7,25-16-12-10-13-17-25)26-18-14-11-15-19-26/h10-21,28,33H,22H2,1-9H3/b23-21-. The number of aliphatic hydroxyl groups excluding tert-OH is 1. The molecule has 200 valence electrons. The van der Waals surface area contributed by atoms with Crippen LogP contribution >= 0.6 is 22.6 Å². The van der Waals surface area contributed by atoms with Gasteiger partial charge in [-0.2, -0.15) is 0 Å². The molecule has 0 saturated heterocycles. The van der Waals surface area contributed by atoms with Gasteiger partial charge in [0.15, 0.2) is 16.4 Å². The SMILES string of the molecule is C/C(=C/I)C(O)c1cc(CO[Si](C)(C)C(C)(C)C)c([Si](c2ccccc2)(c2ccccc2)C(C)(C)C)o1. The summed E-state index contributed by atoms with van der Waals surface area (Å²) in [6.45, 7) is 20.8. The van der Waals surface area contributed by atoms with Crippen molar-refractivity contribution in [1.29, 1.82) is 0 Å². The van der Waals surface area contributed by atoms with E-state index in [1.807, 2.05) is 11.0 Å². The molecule has 1 aromatic heterocycles. The summed E-state index contributed by atoms with van der Waals surface area (Å²) in [5.74, 6) is 0.585. The maximum absolute atomic E-state index is 11.2. The largest absolute Gasteiger partial charge is 0.467 e. The van der Waals surface area contributed by atoms with E-state index >= 15 is 0 Å². The van der Waals surface area contributed by atoms with E-state index in [0.29, 0.717) is 12.4 Å². The molecule has 0 aliphatic rings. The van der Waals surface area contributed by atoms with Gasteiger partial charge in [-0.15, -0.1) is 0 Å². The quantitative estimate of drug-likeness (QED) is 0.204. The van der Waals surface area contributed by atoms with Gasteiger partial charge in [0.1, 0.15) is 11.9 Å². The number of aliphatic hydroxyl groups is 1. The van der Waals surface area contributed by atoms with E-state index in [1.54, 1.807) is 0 Å². The van der Waals surface area contributed by atoms with Crippen molar-refractivity contribution < 1.29 is 13.9 Å². The molecular formula is C31H43IO3Si2. The van der Waals surface area contributed by atoms with Gasteiger partial charge in [0.05, 0.1) is 12.0 Å². The van der Waals surface area contributed by atoms with Gasteiger partial charge in [0.2, 0.25) is 0 Å². The Morgan fingerprint density at radius 2 is 1.41 bits per heavy atom. The predicted molar refractivity (Wildman–Crippen MR) is 171 cm³/mol. The second-order valence-corrected chi connectivity index (χ2v) is 22.6. The molecule has 2 aromatic carbocycles. The third kappa shape index (κ3) is 5.93. The molecule has 1 atom stereocenters. The minimum Gasteiger partial charge on any atom is -0.467 e. The number of rotatable bonds is 8. The van der Waals surface area contributed by atoms with Crippen molar-refractivity contribution in [1.82, 2.24) is 0 Å². The number of hydrogen-bond donors (Lipinski definition) is 1. The molecule has 3 aromatic rings. The first-order valence-electron chi connectivity index (χ1n) is 13.0. The van der Waals surface area contributed by atoms with Crippen LogP contribution < -0.4 is 15.8 Å². The summed E-state index contributed by atoms with van der Waals surface area (Å²) < 4.78 is 15.6. The first kappa shape index (κ1) is 30.1. The Labute approximate surface area is 239 Å². The van der Waals surface area contributed by atoms with Crippen molar-refractivity contribution in [2.24, 2.45) is 0 Å². The third-order valence-corrected chi connectivity index (χ3v) is 19.2. The van der Waals surface area contributed by atoms with Gasteiger partial charge in [0.25, 0.3) is 0 Å². The van der Waals surface area contributed by atoms with E-state index in [0.717, 1.165) is 16.5 Å². The molecule has 0 amide bonds. The lowest BCUT2D eigenvalue weighted by molar-refractivity contribution is 0.187. The van der Waals surface area contributed by atoms with E-state index in [9.17, 15) is 5.11 Å².